The molecule has 1 aromatic rings. The van der Waals surface area contributed by atoms with Crippen molar-refractivity contribution in [1.29, 1.82) is 0 Å². The van der Waals surface area contributed by atoms with Crippen LogP contribution in [0.4, 0.5) is 4.39 Å². The molecule has 0 aromatic heterocycles. The SMILES string of the molecule is C[C@@H]1C[C@@H](N)CCN1C(=O)Cc1cccc(F)c1. The van der Waals surface area contributed by atoms with Crippen LogP contribution in [0, 0.1) is 5.82 Å². The number of piperidine rings is 1. The van der Waals surface area contributed by atoms with Crippen LogP contribution in [0.1, 0.15) is 25.3 Å². The van der Waals surface area contributed by atoms with Gasteiger partial charge in [0.15, 0.2) is 0 Å². The Morgan fingerprint density at radius 3 is 3.00 bits per heavy atom. The quantitative estimate of drug-likeness (QED) is 0.868. The van der Waals surface area contributed by atoms with Crippen molar-refractivity contribution in [2.45, 2.75) is 38.3 Å². The molecule has 18 heavy (non-hydrogen) atoms. The minimum atomic E-state index is -0.297. The summed E-state index contributed by atoms with van der Waals surface area (Å²) in [5.74, 6) is -0.242. The molecule has 1 fully saturated rings. The topological polar surface area (TPSA) is 46.3 Å². The summed E-state index contributed by atoms with van der Waals surface area (Å²) in [4.78, 5) is 14.0. The number of nitrogens with zero attached hydrogens (tertiary/aromatic N) is 1. The van der Waals surface area contributed by atoms with Gasteiger partial charge in [0.1, 0.15) is 5.82 Å². The zero-order valence-corrected chi connectivity index (χ0v) is 10.6. The smallest absolute Gasteiger partial charge is 0.227 e. The van der Waals surface area contributed by atoms with E-state index in [0.717, 1.165) is 18.4 Å². The van der Waals surface area contributed by atoms with Gasteiger partial charge in [0, 0.05) is 18.6 Å². The summed E-state index contributed by atoms with van der Waals surface area (Å²) in [5.41, 5.74) is 6.60. The third kappa shape index (κ3) is 3.07. The molecule has 1 aliphatic rings. The molecule has 1 aliphatic heterocycles. The molecular weight excluding hydrogens is 231 g/mol. The zero-order valence-electron chi connectivity index (χ0n) is 10.6. The van der Waals surface area contributed by atoms with Gasteiger partial charge in [-0.25, -0.2) is 4.39 Å². The van der Waals surface area contributed by atoms with E-state index in [2.05, 4.69) is 0 Å². The molecule has 3 nitrogen and oxygen atoms in total. The number of likely N-dealkylation sites (tertiary alicyclic amines) is 1. The Morgan fingerprint density at radius 2 is 2.33 bits per heavy atom. The predicted molar refractivity (Wildman–Crippen MR) is 68.5 cm³/mol. The number of carbonyl (C=O) groups excluding carboxylic acids is 1. The summed E-state index contributed by atoms with van der Waals surface area (Å²) in [7, 11) is 0. The normalized spacial score (nSPS) is 24.1. The highest BCUT2D eigenvalue weighted by Crippen LogP contribution is 2.17. The summed E-state index contributed by atoms with van der Waals surface area (Å²) in [6.45, 7) is 2.72. The van der Waals surface area contributed by atoms with Crippen molar-refractivity contribution < 1.29 is 9.18 Å². The molecular formula is C14H19FN2O. The average molecular weight is 250 g/mol. The van der Waals surface area contributed by atoms with E-state index in [-0.39, 0.29) is 30.2 Å². The molecule has 2 N–H and O–H groups in total. The van der Waals surface area contributed by atoms with Gasteiger partial charge >= 0.3 is 0 Å². The molecule has 1 amide bonds. The minimum Gasteiger partial charge on any atom is -0.340 e. The standard InChI is InChI=1S/C14H19FN2O/c1-10-7-13(16)5-6-17(10)14(18)9-11-3-2-4-12(15)8-11/h2-4,8,10,13H,5-7,9,16H2,1H3/t10-,13+/m1/s1. The van der Waals surface area contributed by atoms with E-state index >= 15 is 0 Å². The van der Waals surface area contributed by atoms with Crippen LogP contribution in [0.25, 0.3) is 0 Å². The molecule has 0 unspecified atom stereocenters. The average Bonchev–Trinajstić information content (AvgIpc) is 2.28. The van der Waals surface area contributed by atoms with Crippen molar-refractivity contribution in [2.24, 2.45) is 5.73 Å². The second kappa shape index (κ2) is 5.48. The van der Waals surface area contributed by atoms with E-state index in [4.69, 9.17) is 5.73 Å². The lowest BCUT2D eigenvalue weighted by atomic mass is 9.98. The molecule has 0 radical (unpaired) electrons. The number of hydrogen-bond acceptors (Lipinski definition) is 2. The lowest BCUT2D eigenvalue weighted by Gasteiger charge is -2.36. The first kappa shape index (κ1) is 13.0. The van der Waals surface area contributed by atoms with Gasteiger partial charge < -0.3 is 10.6 Å². The number of halogens is 1. The van der Waals surface area contributed by atoms with Crippen LogP contribution < -0.4 is 5.73 Å². The summed E-state index contributed by atoms with van der Waals surface area (Å²) >= 11 is 0. The van der Waals surface area contributed by atoms with E-state index in [9.17, 15) is 9.18 Å². The number of rotatable bonds is 2. The van der Waals surface area contributed by atoms with Gasteiger partial charge in [-0.1, -0.05) is 12.1 Å². The van der Waals surface area contributed by atoms with Crippen molar-refractivity contribution >= 4 is 5.91 Å². The maximum absolute atomic E-state index is 13.0. The largest absolute Gasteiger partial charge is 0.340 e. The molecule has 2 rings (SSSR count). The fraction of sp³-hybridized carbons (Fsp3) is 0.500. The molecule has 0 spiro atoms. The van der Waals surface area contributed by atoms with E-state index in [1.807, 2.05) is 11.8 Å². The molecule has 1 heterocycles. The van der Waals surface area contributed by atoms with Gasteiger partial charge in [-0.3, -0.25) is 4.79 Å². The highest BCUT2D eigenvalue weighted by molar-refractivity contribution is 5.79. The lowest BCUT2D eigenvalue weighted by Crippen LogP contribution is -2.48. The Kier molecular flexibility index (Phi) is 3.97. The van der Waals surface area contributed by atoms with Crippen molar-refractivity contribution in [3.63, 3.8) is 0 Å². The number of amides is 1. The maximum atomic E-state index is 13.0. The summed E-state index contributed by atoms with van der Waals surface area (Å²) < 4.78 is 13.0. The molecule has 1 saturated heterocycles. The van der Waals surface area contributed by atoms with Crippen LogP contribution in [-0.4, -0.2) is 29.4 Å². The van der Waals surface area contributed by atoms with Crippen LogP contribution in [0.5, 0.6) is 0 Å². The first-order chi connectivity index (χ1) is 8.56. The van der Waals surface area contributed by atoms with Crippen molar-refractivity contribution in [3.8, 4) is 0 Å². The van der Waals surface area contributed by atoms with E-state index in [1.165, 1.54) is 12.1 Å². The molecule has 2 atom stereocenters. The molecule has 0 aliphatic carbocycles. The lowest BCUT2D eigenvalue weighted by molar-refractivity contribution is -0.133. The minimum absolute atomic E-state index is 0.0556. The van der Waals surface area contributed by atoms with Gasteiger partial charge in [-0.2, -0.15) is 0 Å². The summed E-state index contributed by atoms with van der Waals surface area (Å²) in [6.07, 6.45) is 1.95. The van der Waals surface area contributed by atoms with Gasteiger partial charge in [0.05, 0.1) is 6.42 Å². The van der Waals surface area contributed by atoms with Gasteiger partial charge in [0.25, 0.3) is 0 Å². The second-order valence-corrected chi connectivity index (χ2v) is 5.03. The monoisotopic (exact) mass is 250 g/mol. The molecule has 0 saturated carbocycles. The molecule has 98 valence electrons. The summed E-state index contributed by atoms with van der Waals surface area (Å²) in [5, 5.41) is 0. The van der Waals surface area contributed by atoms with Gasteiger partial charge in [0.2, 0.25) is 5.91 Å². The maximum Gasteiger partial charge on any atom is 0.227 e. The van der Waals surface area contributed by atoms with E-state index < -0.39 is 0 Å². The Hall–Kier alpha value is -1.42. The van der Waals surface area contributed by atoms with Crippen LogP contribution in [0.3, 0.4) is 0 Å². The highest BCUT2D eigenvalue weighted by Gasteiger charge is 2.26. The van der Waals surface area contributed by atoms with Gasteiger partial charge in [-0.15, -0.1) is 0 Å². The van der Waals surface area contributed by atoms with Crippen LogP contribution in [0.2, 0.25) is 0 Å². The highest BCUT2D eigenvalue weighted by atomic mass is 19.1. The van der Waals surface area contributed by atoms with Crippen molar-refractivity contribution in [3.05, 3.63) is 35.6 Å². The van der Waals surface area contributed by atoms with Crippen LogP contribution >= 0.6 is 0 Å². The second-order valence-electron chi connectivity index (χ2n) is 5.03. The third-order valence-corrected chi connectivity index (χ3v) is 3.48. The Bertz CT molecular complexity index is 436. The van der Waals surface area contributed by atoms with Crippen LogP contribution in [0.15, 0.2) is 24.3 Å². The van der Waals surface area contributed by atoms with E-state index in [1.54, 1.807) is 12.1 Å². The summed E-state index contributed by atoms with van der Waals surface area (Å²) in [6, 6.07) is 6.58. The fourth-order valence-corrected chi connectivity index (χ4v) is 2.50. The molecule has 0 bridgehead atoms. The van der Waals surface area contributed by atoms with Crippen molar-refractivity contribution in [2.75, 3.05) is 6.54 Å². The Morgan fingerprint density at radius 1 is 1.56 bits per heavy atom. The predicted octanol–water partition coefficient (Wildman–Crippen LogP) is 1.71. The number of nitrogens with two attached hydrogens (primary N) is 1. The first-order valence-electron chi connectivity index (χ1n) is 6.36. The van der Waals surface area contributed by atoms with Crippen molar-refractivity contribution in [1.82, 2.24) is 4.90 Å². The number of hydrogen-bond donors (Lipinski definition) is 1. The number of benzene rings is 1. The van der Waals surface area contributed by atoms with E-state index in [0.29, 0.717) is 6.54 Å². The first-order valence-corrected chi connectivity index (χ1v) is 6.36. The van der Waals surface area contributed by atoms with Gasteiger partial charge in [-0.05, 0) is 37.5 Å². The fourth-order valence-electron chi connectivity index (χ4n) is 2.50. The Labute approximate surface area is 107 Å². The third-order valence-electron chi connectivity index (χ3n) is 3.48. The van der Waals surface area contributed by atoms with Crippen LogP contribution in [-0.2, 0) is 11.2 Å². The molecule has 4 heteroatoms. The number of carbonyl (C=O) groups is 1. The zero-order chi connectivity index (χ0) is 13.1. The molecule has 1 aromatic carbocycles. The Balaban J connectivity index is 1.99.